The topological polar surface area (TPSA) is 219 Å². The molecule has 2 aromatic rings. The SMILES string of the molecule is CCC(C)[C@H](NC(C)=O)C(=O)N[C@H](C(=O)N[C@@H](Cc1c[nH]c2ccccc12)C(=O)N[C@@H](CCC(=O)NO)C(=O)O)C(C)CC. The van der Waals surface area contributed by atoms with Crippen LogP contribution >= 0.6 is 0 Å². The Hall–Kier alpha value is -4.46. The van der Waals surface area contributed by atoms with Crippen molar-refractivity contribution < 1.29 is 39.1 Å². The van der Waals surface area contributed by atoms with Crippen LogP contribution in [0, 0.1) is 11.8 Å². The van der Waals surface area contributed by atoms with Crippen molar-refractivity contribution in [3.63, 3.8) is 0 Å². The van der Waals surface area contributed by atoms with Crippen LogP contribution < -0.4 is 26.7 Å². The summed E-state index contributed by atoms with van der Waals surface area (Å²) in [7, 11) is 0. The molecule has 2 rings (SSSR count). The van der Waals surface area contributed by atoms with Gasteiger partial charge in [0.1, 0.15) is 24.2 Å². The van der Waals surface area contributed by atoms with E-state index >= 15 is 0 Å². The van der Waals surface area contributed by atoms with Gasteiger partial charge in [-0.1, -0.05) is 58.7 Å². The van der Waals surface area contributed by atoms with Gasteiger partial charge in [0.15, 0.2) is 0 Å². The molecule has 6 atom stereocenters. The number of carboxylic acids is 1. The van der Waals surface area contributed by atoms with Crippen molar-refractivity contribution in [1.82, 2.24) is 31.7 Å². The van der Waals surface area contributed by atoms with Gasteiger partial charge in [-0.05, 0) is 29.9 Å². The molecule has 1 aromatic carbocycles. The molecule has 1 heterocycles. The second-order valence-corrected chi connectivity index (χ2v) is 11.0. The molecule has 0 saturated heterocycles. The molecule has 2 unspecified atom stereocenters. The summed E-state index contributed by atoms with van der Waals surface area (Å²) in [5.41, 5.74) is 2.89. The lowest BCUT2D eigenvalue weighted by atomic mass is 9.94. The molecule has 242 valence electrons. The average Bonchev–Trinajstić information content (AvgIpc) is 3.41. The number of aliphatic carboxylic acids is 1. The van der Waals surface area contributed by atoms with Gasteiger partial charge in [-0.2, -0.15) is 0 Å². The number of hydroxylamine groups is 1. The van der Waals surface area contributed by atoms with Crippen molar-refractivity contribution in [2.75, 3.05) is 0 Å². The molecule has 0 aliphatic heterocycles. The fraction of sp³-hybridized carbons (Fsp3) is 0.533. The normalized spacial score (nSPS) is 15.1. The van der Waals surface area contributed by atoms with E-state index in [-0.39, 0.29) is 31.1 Å². The first-order valence-corrected chi connectivity index (χ1v) is 14.7. The van der Waals surface area contributed by atoms with Crippen LogP contribution in [0.5, 0.6) is 0 Å². The number of para-hydroxylation sites is 1. The number of H-pyrrole nitrogens is 1. The predicted molar refractivity (Wildman–Crippen MR) is 161 cm³/mol. The third kappa shape index (κ3) is 10.1. The molecule has 0 saturated carbocycles. The number of hydrogen-bond donors (Lipinski definition) is 8. The smallest absolute Gasteiger partial charge is 0.326 e. The molecule has 1 aromatic heterocycles. The van der Waals surface area contributed by atoms with Gasteiger partial charge in [-0.15, -0.1) is 0 Å². The van der Waals surface area contributed by atoms with Gasteiger partial charge in [0, 0.05) is 36.9 Å². The summed E-state index contributed by atoms with van der Waals surface area (Å²) >= 11 is 0. The Labute approximate surface area is 256 Å². The van der Waals surface area contributed by atoms with E-state index in [2.05, 4.69) is 26.3 Å². The molecule has 0 fully saturated rings. The zero-order valence-electron chi connectivity index (χ0n) is 25.7. The van der Waals surface area contributed by atoms with Crippen LogP contribution in [0.15, 0.2) is 30.5 Å². The Kier molecular flexibility index (Phi) is 13.8. The van der Waals surface area contributed by atoms with E-state index < -0.39 is 59.7 Å². The van der Waals surface area contributed by atoms with E-state index in [1.165, 1.54) is 12.4 Å². The molecular formula is C30H44N6O8. The van der Waals surface area contributed by atoms with Crippen LogP contribution in [0.4, 0.5) is 0 Å². The fourth-order valence-electron chi connectivity index (χ4n) is 4.72. The quantitative estimate of drug-likeness (QED) is 0.0949. The lowest BCUT2D eigenvalue weighted by Gasteiger charge is -2.30. The van der Waals surface area contributed by atoms with E-state index in [1.54, 1.807) is 13.1 Å². The number of carboxylic acid groups (broad SMARTS) is 1. The van der Waals surface area contributed by atoms with Gasteiger partial charge in [0.05, 0.1) is 0 Å². The first-order valence-electron chi connectivity index (χ1n) is 14.7. The van der Waals surface area contributed by atoms with Gasteiger partial charge < -0.3 is 31.4 Å². The zero-order chi connectivity index (χ0) is 33.0. The standard InChI is InChI=1S/C30H44N6O8/c1-6-16(3)25(32-18(5)37)29(41)35-26(17(4)7-2)28(40)34-23(14-19-15-31-21-11-9-8-10-20(19)21)27(39)33-22(30(42)43)12-13-24(38)36-44/h8-11,15-17,22-23,25-26,31,44H,6-7,12-14H2,1-5H3,(H,32,37)(H,33,39)(H,34,40)(H,35,41)(H,36,38)(H,42,43)/t16?,17?,22-,23-,25-,26-/m0/s1. The summed E-state index contributed by atoms with van der Waals surface area (Å²) < 4.78 is 0. The van der Waals surface area contributed by atoms with Crippen molar-refractivity contribution in [3.8, 4) is 0 Å². The van der Waals surface area contributed by atoms with Gasteiger partial charge in [-0.3, -0.25) is 29.2 Å². The number of aromatic amines is 1. The number of carbonyl (C=O) groups excluding carboxylic acids is 5. The highest BCUT2D eigenvalue weighted by Crippen LogP contribution is 2.20. The molecule has 0 aliphatic carbocycles. The predicted octanol–water partition coefficient (Wildman–Crippen LogP) is 1.13. The highest BCUT2D eigenvalue weighted by Gasteiger charge is 2.34. The van der Waals surface area contributed by atoms with Crippen LogP contribution in [-0.2, 0) is 35.2 Å². The fourth-order valence-corrected chi connectivity index (χ4v) is 4.72. The Morgan fingerprint density at radius 1 is 0.818 bits per heavy atom. The van der Waals surface area contributed by atoms with Crippen molar-refractivity contribution in [2.24, 2.45) is 11.8 Å². The number of carbonyl (C=O) groups is 6. The molecule has 0 bridgehead atoms. The van der Waals surface area contributed by atoms with Gasteiger partial charge in [0.25, 0.3) is 0 Å². The van der Waals surface area contributed by atoms with E-state index in [0.717, 1.165) is 10.9 Å². The van der Waals surface area contributed by atoms with Gasteiger partial charge in [-0.25, -0.2) is 10.3 Å². The Morgan fingerprint density at radius 3 is 1.95 bits per heavy atom. The van der Waals surface area contributed by atoms with E-state index in [9.17, 15) is 33.9 Å². The number of amides is 5. The third-order valence-corrected chi connectivity index (χ3v) is 7.78. The minimum Gasteiger partial charge on any atom is -0.480 e. The van der Waals surface area contributed by atoms with Crippen molar-refractivity contribution in [1.29, 1.82) is 0 Å². The number of aromatic nitrogens is 1. The summed E-state index contributed by atoms with van der Waals surface area (Å²) in [5, 5.41) is 29.7. The highest BCUT2D eigenvalue weighted by atomic mass is 16.5. The molecular weight excluding hydrogens is 572 g/mol. The van der Waals surface area contributed by atoms with Gasteiger partial charge >= 0.3 is 5.97 Å². The molecule has 0 aliphatic rings. The molecule has 14 nitrogen and oxygen atoms in total. The monoisotopic (exact) mass is 616 g/mol. The average molecular weight is 617 g/mol. The first-order chi connectivity index (χ1) is 20.8. The molecule has 0 radical (unpaired) electrons. The molecule has 14 heteroatoms. The highest BCUT2D eigenvalue weighted by molar-refractivity contribution is 5.95. The summed E-state index contributed by atoms with van der Waals surface area (Å²) in [6.07, 6.45) is 2.08. The molecule has 0 spiro atoms. The van der Waals surface area contributed by atoms with Crippen molar-refractivity contribution >= 4 is 46.4 Å². The second-order valence-electron chi connectivity index (χ2n) is 11.0. The summed E-state index contributed by atoms with van der Waals surface area (Å²) in [6.45, 7) is 8.59. The number of nitrogens with one attached hydrogen (secondary N) is 6. The van der Waals surface area contributed by atoms with Crippen LogP contribution in [0.1, 0.15) is 65.9 Å². The van der Waals surface area contributed by atoms with Crippen molar-refractivity contribution in [2.45, 2.75) is 90.9 Å². The van der Waals surface area contributed by atoms with Crippen LogP contribution in [0.3, 0.4) is 0 Å². The maximum absolute atomic E-state index is 13.7. The van der Waals surface area contributed by atoms with Crippen LogP contribution in [0.2, 0.25) is 0 Å². The molecule has 8 N–H and O–H groups in total. The Balaban J connectivity index is 2.38. The lowest BCUT2D eigenvalue weighted by Crippen LogP contribution is -2.60. The van der Waals surface area contributed by atoms with Crippen LogP contribution in [-0.4, -0.2) is 75.0 Å². The maximum Gasteiger partial charge on any atom is 0.326 e. The van der Waals surface area contributed by atoms with Gasteiger partial charge in [0.2, 0.25) is 29.5 Å². The van der Waals surface area contributed by atoms with E-state index in [1.807, 2.05) is 45.0 Å². The Morgan fingerprint density at radius 2 is 1.39 bits per heavy atom. The van der Waals surface area contributed by atoms with E-state index in [4.69, 9.17) is 5.21 Å². The lowest BCUT2D eigenvalue weighted by molar-refractivity contribution is -0.143. The largest absolute Gasteiger partial charge is 0.480 e. The second kappa shape index (κ2) is 17.0. The van der Waals surface area contributed by atoms with Crippen LogP contribution in [0.25, 0.3) is 10.9 Å². The zero-order valence-corrected chi connectivity index (χ0v) is 25.7. The maximum atomic E-state index is 13.7. The van der Waals surface area contributed by atoms with Crippen molar-refractivity contribution in [3.05, 3.63) is 36.0 Å². The Bertz CT molecular complexity index is 1330. The number of rotatable bonds is 17. The molecule has 44 heavy (non-hydrogen) atoms. The minimum absolute atomic E-state index is 0.0202. The number of fused-ring (bicyclic) bond motifs is 1. The summed E-state index contributed by atoms with van der Waals surface area (Å²) in [4.78, 5) is 78.8. The summed E-state index contributed by atoms with van der Waals surface area (Å²) in [5.74, 6) is -5.22. The first kappa shape index (κ1) is 35.7. The molecule has 5 amide bonds. The summed E-state index contributed by atoms with van der Waals surface area (Å²) in [6, 6.07) is 2.63. The minimum atomic E-state index is -1.49. The number of benzene rings is 1. The third-order valence-electron chi connectivity index (χ3n) is 7.78. The number of hydrogen-bond acceptors (Lipinski definition) is 7. The van der Waals surface area contributed by atoms with E-state index in [0.29, 0.717) is 18.4 Å².